The van der Waals surface area contributed by atoms with Crippen LogP contribution >= 0.6 is 0 Å². The van der Waals surface area contributed by atoms with Crippen LogP contribution in [0.4, 0.5) is 0 Å². The van der Waals surface area contributed by atoms with Crippen molar-refractivity contribution >= 4 is 21.3 Å². The van der Waals surface area contributed by atoms with Crippen molar-refractivity contribution in [3.8, 4) is 0 Å². The average Bonchev–Trinajstić information content (AvgIpc) is 1.64. The van der Waals surface area contributed by atoms with Gasteiger partial charge in [0.25, 0.3) is 21.3 Å². The van der Waals surface area contributed by atoms with Gasteiger partial charge in [-0.1, -0.05) is 0 Å². The monoisotopic (exact) mass is 137 g/mol. The molecule has 1 amide bonds. The second kappa shape index (κ2) is 2.43. The quantitative estimate of drug-likeness (QED) is 0.379. The van der Waals surface area contributed by atoms with Gasteiger partial charge in [-0.2, -0.15) is 8.42 Å². The van der Waals surface area contributed by atoms with Gasteiger partial charge in [-0.25, -0.2) is 0 Å². The van der Waals surface area contributed by atoms with E-state index >= 15 is 0 Å². The van der Waals surface area contributed by atoms with Gasteiger partial charge in [0.2, 0.25) is 0 Å². The maximum absolute atomic E-state index is 9.68. The van der Waals surface area contributed by atoms with Crippen LogP contribution in [0.5, 0.6) is 0 Å². The molecule has 8 heavy (non-hydrogen) atoms. The maximum Gasteiger partial charge on any atom is 0.288 e. The van der Waals surface area contributed by atoms with Crippen LogP contribution < -0.4 is 5.73 Å². The van der Waals surface area contributed by atoms with E-state index in [1.54, 1.807) is 0 Å². The van der Waals surface area contributed by atoms with E-state index in [1.165, 1.54) is 0 Å². The summed E-state index contributed by atoms with van der Waals surface area (Å²) in [5, 5.41) is 6.69. The van der Waals surface area contributed by atoms with Crippen molar-refractivity contribution in [2.45, 2.75) is 0 Å². The number of carbonyl (C=O) groups is 1. The highest BCUT2D eigenvalue weighted by atomic mass is 32.2. The first-order chi connectivity index (χ1) is 3.55. The molecule has 0 aromatic rings. The number of amides is 1. The molecule has 0 unspecified atom stereocenters. The summed E-state index contributed by atoms with van der Waals surface area (Å²) in [6, 6.07) is 0. The Hall–Kier alpha value is -0.880. The molecule has 0 saturated carbocycles. The third-order valence-electron chi connectivity index (χ3n) is 0.369. The van der Waals surface area contributed by atoms with Gasteiger partial charge in [-0.3, -0.25) is 4.79 Å². The first-order valence-electron chi connectivity index (χ1n) is 1.50. The first-order valence-corrected chi connectivity index (χ1v) is 2.58. The summed E-state index contributed by atoms with van der Waals surface area (Å²) >= 11 is 0. The number of rotatable bonds is 0. The Labute approximate surface area is 46.3 Å². The molecule has 0 bridgehead atoms. The summed E-state index contributed by atoms with van der Waals surface area (Å²) in [6.07, 6.45) is 0. The lowest BCUT2D eigenvalue weighted by molar-refractivity contribution is -0.112. The molecule has 0 heterocycles. The molecule has 0 aromatic heterocycles. The largest absolute Gasteiger partial charge is 0.363 e. The van der Waals surface area contributed by atoms with Gasteiger partial charge in [-0.05, 0) is 0 Å². The van der Waals surface area contributed by atoms with Crippen molar-refractivity contribution in [2.75, 3.05) is 0 Å². The number of carbonyl (C=O) groups excluding carboxylic acids is 1. The van der Waals surface area contributed by atoms with Crippen LogP contribution in [0.25, 0.3) is 0 Å². The fourth-order valence-electron chi connectivity index (χ4n) is 0.0821. The lowest BCUT2D eigenvalue weighted by atomic mass is 10.7. The van der Waals surface area contributed by atoms with E-state index in [1.807, 2.05) is 0 Å². The Morgan fingerprint density at radius 1 is 1.50 bits per heavy atom. The van der Waals surface area contributed by atoms with Gasteiger partial charge >= 0.3 is 0 Å². The molecule has 0 rings (SSSR count). The molecular weight excluding hydrogens is 134 g/mol. The molecule has 5 nitrogen and oxygen atoms in total. The van der Waals surface area contributed by atoms with Gasteiger partial charge in [0, 0.05) is 0 Å². The Bertz CT molecular complexity index is 216. The molecule has 3 N–H and O–H groups in total. The number of hydrogen-bond donors (Lipinski definition) is 2. The van der Waals surface area contributed by atoms with Gasteiger partial charge < -0.3 is 10.8 Å². The minimum atomic E-state index is -2.89. The Balaban J connectivity index is 4.78. The van der Waals surface area contributed by atoms with E-state index in [0.717, 1.165) is 0 Å². The molecule has 0 aromatic carbocycles. The lowest BCUT2D eigenvalue weighted by Crippen LogP contribution is -2.23. The van der Waals surface area contributed by atoms with Crippen LogP contribution in [0, 0.1) is 0 Å². The van der Waals surface area contributed by atoms with Crippen molar-refractivity contribution in [3.63, 3.8) is 0 Å². The summed E-state index contributed by atoms with van der Waals surface area (Å²) in [5.41, 5.74) is 4.32. The molecule has 46 valence electrons. The normalized spacial score (nSPS) is 8.12. The van der Waals surface area contributed by atoms with Gasteiger partial charge in [0.05, 0.1) is 0 Å². The molecule has 6 heteroatoms. The average molecular weight is 137 g/mol. The van der Waals surface area contributed by atoms with Crippen LogP contribution in [0.2, 0.25) is 0 Å². The first kappa shape index (κ1) is 7.12. The smallest absolute Gasteiger partial charge is 0.288 e. The molecule has 0 aliphatic carbocycles. The Morgan fingerprint density at radius 2 is 1.88 bits per heavy atom. The second-order valence-electron chi connectivity index (χ2n) is 0.904. The zero-order valence-electron chi connectivity index (χ0n) is 3.66. The third kappa shape index (κ3) is 1.71. The zero-order valence-corrected chi connectivity index (χ0v) is 4.47. The van der Waals surface area contributed by atoms with Gasteiger partial charge in [0.1, 0.15) is 0 Å². The molecule has 0 radical (unpaired) electrons. The van der Waals surface area contributed by atoms with E-state index < -0.39 is 21.3 Å². The van der Waals surface area contributed by atoms with Crippen molar-refractivity contribution < 1.29 is 18.3 Å². The Morgan fingerprint density at radius 3 is 1.88 bits per heavy atom. The fraction of sp³-hybridized carbons (Fsp3) is 0. The van der Waals surface area contributed by atoms with Crippen molar-refractivity contribution in [1.82, 2.24) is 0 Å². The highest BCUT2D eigenvalue weighted by Gasteiger charge is 2.01. The summed E-state index contributed by atoms with van der Waals surface area (Å²) in [4.78, 5) is 9.68. The minimum Gasteiger partial charge on any atom is -0.363 e. The van der Waals surface area contributed by atoms with Crippen LogP contribution in [-0.4, -0.2) is 24.5 Å². The summed E-state index contributed by atoms with van der Waals surface area (Å²) in [7, 11) is -2.89. The maximum atomic E-state index is 9.68. The topological polar surface area (TPSA) is 97.5 Å². The number of aliphatic hydroxyl groups is 1. The predicted molar refractivity (Wildman–Crippen MR) is 25.8 cm³/mol. The van der Waals surface area contributed by atoms with Crippen molar-refractivity contribution in [2.24, 2.45) is 5.73 Å². The molecule has 0 aliphatic rings. The number of nitrogens with two attached hydrogens (primary N) is 1. The molecule has 0 atom stereocenters. The third-order valence-corrected chi connectivity index (χ3v) is 0.886. The standard InChI is InChI=1S/C2H3NO4S/c3-1(4)2(5)8(6)7/h5H,(H2,3,4). The highest BCUT2D eigenvalue weighted by molar-refractivity contribution is 7.74. The van der Waals surface area contributed by atoms with E-state index in [0.29, 0.717) is 0 Å². The van der Waals surface area contributed by atoms with Crippen LogP contribution in [0.3, 0.4) is 0 Å². The van der Waals surface area contributed by atoms with E-state index in [4.69, 9.17) is 5.11 Å². The molecular formula is C2H3NO4S. The molecule has 0 spiro atoms. The SMILES string of the molecule is NC(=O)C(O)=S(=O)=O. The van der Waals surface area contributed by atoms with E-state index in [-0.39, 0.29) is 0 Å². The zero-order chi connectivity index (χ0) is 6.73. The minimum absolute atomic E-state index is 1.34. The second-order valence-corrected chi connectivity index (χ2v) is 1.76. The summed E-state index contributed by atoms with van der Waals surface area (Å²) in [6.45, 7) is 0. The van der Waals surface area contributed by atoms with Crippen LogP contribution in [0.1, 0.15) is 0 Å². The lowest BCUT2D eigenvalue weighted by Gasteiger charge is -1.77. The van der Waals surface area contributed by atoms with E-state index in [2.05, 4.69) is 5.73 Å². The van der Waals surface area contributed by atoms with Crippen molar-refractivity contribution in [3.05, 3.63) is 0 Å². The summed E-state index contributed by atoms with van der Waals surface area (Å²) < 4.78 is 19.1. The molecule has 0 saturated heterocycles. The highest BCUT2D eigenvalue weighted by Crippen LogP contribution is 1.58. The number of aliphatic hydroxyl groups excluding tert-OH is 1. The van der Waals surface area contributed by atoms with Crippen molar-refractivity contribution in [1.29, 1.82) is 0 Å². The molecule has 0 aliphatic heterocycles. The van der Waals surface area contributed by atoms with Crippen LogP contribution in [-0.2, 0) is 15.1 Å². The number of hydrogen-bond acceptors (Lipinski definition) is 3. The summed E-state index contributed by atoms with van der Waals surface area (Å²) in [5.74, 6) is -1.35. The van der Waals surface area contributed by atoms with E-state index in [9.17, 15) is 13.2 Å². The molecule has 0 fully saturated rings. The van der Waals surface area contributed by atoms with Gasteiger partial charge in [-0.15, -0.1) is 0 Å². The predicted octanol–water partition coefficient (Wildman–Crippen LogP) is -1.96. The fourth-order valence-corrected chi connectivity index (χ4v) is 0.246. The van der Waals surface area contributed by atoms with Gasteiger partial charge in [0.15, 0.2) is 0 Å². The number of primary amides is 1. The Kier molecular flexibility index (Phi) is 2.17. The van der Waals surface area contributed by atoms with Crippen LogP contribution in [0.15, 0.2) is 0 Å².